The predicted octanol–water partition coefficient (Wildman–Crippen LogP) is 3.42. The minimum Gasteiger partial charge on any atom is -0.495 e. The standard InChI is InChI=1S/C18H19ClFN3O4/c1-10-4-6-16(26-3)14(8-10)21-18(25)23-22-17(24)11(2)27-15-7-5-12(20)9-13(15)19/h4-9,11H,1-3H3,(H,22,24)(H2,21,23,25)/t11-/m1/s1. The number of methoxy groups -OCH3 is 1. The number of halogens is 2. The van der Waals surface area contributed by atoms with Crippen molar-refractivity contribution in [3.8, 4) is 11.5 Å². The van der Waals surface area contributed by atoms with Crippen molar-refractivity contribution in [1.29, 1.82) is 0 Å². The molecule has 2 aromatic rings. The minimum atomic E-state index is -0.984. The van der Waals surface area contributed by atoms with E-state index in [9.17, 15) is 14.0 Å². The Labute approximate surface area is 160 Å². The van der Waals surface area contributed by atoms with Crippen molar-refractivity contribution in [2.24, 2.45) is 0 Å². The highest BCUT2D eigenvalue weighted by molar-refractivity contribution is 6.32. The Kier molecular flexibility index (Phi) is 6.84. The summed E-state index contributed by atoms with van der Waals surface area (Å²) in [6.07, 6.45) is -0.984. The number of nitrogens with one attached hydrogen (secondary N) is 3. The molecule has 0 fully saturated rings. The van der Waals surface area contributed by atoms with E-state index >= 15 is 0 Å². The third-order valence-corrected chi connectivity index (χ3v) is 3.76. The second-order valence-corrected chi connectivity index (χ2v) is 6.01. The largest absolute Gasteiger partial charge is 0.495 e. The van der Waals surface area contributed by atoms with Gasteiger partial charge in [0.2, 0.25) is 0 Å². The molecule has 3 N–H and O–H groups in total. The van der Waals surface area contributed by atoms with Gasteiger partial charge in [-0.25, -0.2) is 14.6 Å². The number of carbonyl (C=O) groups is 2. The van der Waals surface area contributed by atoms with E-state index in [1.165, 1.54) is 20.1 Å². The summed E-state index contributed by atoms with van der Waals surface area (Å²) in [5.74, 6) is -0.518. The van der Waals surface area contributed by atoms with Crippen molar-refractivity contribution >= 4 is 29.2 Å². The summed E-state index contributed by atoms with van der Waals surface area (Å²) in [5.41, 5.74) is 5.81. The monoisotopic (exact) mass is 395 g/mol. The molecule has 7 nitrogen and oxygen atoms in total. The van der Waals surface area contributed by atoms with Crippen LogP contribution in [-0.2, 0) is 4.79 Å². The maximum Gasteiger partial charge on any atom is 0.338 e. The van der Waals surface area contributed by atoms with Gasteiger partial charge in [-0.3, -0.25) is 10.2 Å². The average Bonchev–Trinajstić information content (AvgIpc) is 2.62. The Balaban J connectivity index is 1.89. The van der Waals surface area contributed by atoms with Crippen LogP contribution >= 0.6 is 11.6 Å². The lowest BCUT2D eigenvalue weighted by Gasteiger charge is -2.16. The van der Waals surface area contributed by atoms with Crippen LogP contribution in [0.4, 0.5) is 14.9 Å². The molecule has 9 heteroatoms. The zero-order chi connectivity index (χ0) is 20.0. The van der Waals surface area contributed by atoms with Crippen molar-refractivity contribution in [2.45, 2.75) is 20.0 Å². The number of urea groups is 1. The number of anilines is 1. The Bertz CT molecular complexity index is 847. The van der Waals surface area contributed by atoms with Gasteiger partial charge in [-0.05, 0) is 49.7 Å². The summed E-state index contributed by atoms with van der Waals surface area (Å²) in [6, 6.07) is 8.15. The third-order valence-electron chi connectivity index (χ3n) is 3.47. The molecule has 0 aromatic heterocycles. The number of amides is 3. The number of carbonyl (C=O) groups excluding carboxylic acids is 2. The average molecular weight is 396 g/mol. The Morgan fingerprint density at radius 1 is 1.11 bits per heavy atom. The molecule has 0 bridgehead atoms. The lowest BCUT2D eigenvalue weighted by Crippen LogP contribution is -2.48. The van der Waals surface area contributed by atoms with Crippen molar-refractivity contribution in [2.75, 3.05) is 12.4 Å². The SMILES string of the molecule is COc1ccc(C)cc1NC(=O)NNC(=O)[C@@H](C)Oc1ccc(F)cc1Cl. The molecule has 0 aliphatic rings. The maximum atomic E-state index is 13.0. The molecule has 27 heavy (non-hydrogen) atoms. The minimum absolute atomic E-state index is 0.0342. The predicted molar refractivity (Wildman–Crippen MR) is 99.5 cm³/mol. The van der Waals surface area contributed by atoms with E-state index in [4.69, 9.17) is 21.1 Å². The number of hydrazine groups is 1. The first-order valence-electron chi connectivity index (χ1n) is 7.93. The highest BCUT2D eigenvalue weighted by Gasteiger charge is 2.17. The Morgan fingerprint density at radius 2 is 1.81 bits per heavy atom. The third kappa shape index (κ3) is 5.75. The topological polar surface area (TPSA) is 88.7 Å². The Morgan fingerprint density at radius 3 is 2.48 bits per heavy atom. The number of benzene rings is 2. The molecule has 0 saturated carbocycles. The lowest BCUT2D eigenvalue weighted by atomic mass is 10.2. The van der Waals surface area contributed by atoms with Crippen molar-refractivity contribution in [3.63, 3.8) is 0 Å². The number of ether oxygens (including phenoxy) is 2. The van der Waals surface area contributed by atoms with Gasteiger partial charge < -0.3 is 14.8 Å². The number of hydrogen-bond donors (Lipinski definition) is 3. The molecule has 0 spiro atoms. The first-order valence-corrected chi connectivity index (χ1v) is 8.31. The molecule has 3 amide bonds. The lowest BCUT2D eigenvalue weighted by molar-refractivity contribution is -0.127. The van der Waals surface area contributed by atoms with Crippen LogP contribution in [0.1, 0.15) is 12.5 Å². The number of aryl methyl sites for hydroxylation is 1. The van der Waals surface area contributed by atoms with Gasteiger partial charge in [-0.2, -0.15) is 0 Å². The fraction of sp³-hybridized carbons (Fsp3) is 0.222. The van der Waals surface area contributed by atoms with Crippen LogP contribution in [0.2, 0.25) is 5.02 Å². The van der Waals surface area contributed by atoms with Crippen LogP contribution in [0.25, 0.3) is 0 Å². The van der Waals surface area contributed by atoms with Gasteiger partial charge in [0.15, 0.2) is 6.10 Å². The number of rotatable bonds is 5. The molecule has 0 unspecified atom stereocenters. The van der Waals surface area contributed by atoms with Crippen LogP contribution < -0.4 is 25.6 Å². The van der Waals surface area contributed by atoms with Gasteiger partial charge in [0, 0.05) is 0 Å². The zero-order valence-corrected chi connectivity index (χ0v) is 15.7. The molecule has 0 radical (unpaired) electrons. The molecule has 2 aromatic carbocycles. The van der Waals surface area contributed by atoms with E-state index in [1.54, 1.807) is 12.1 Å². The van der Waals surface area contributed by atoms with Crippen LogP contribution in [0.3, 0.4) is 0 Å². The molecule has 0 heterocycles. The maximum absolute atomic E-state index is 13.0. The van der Waals surface area contributed by atoms with Gasteiger partial charge in [0.05, 0.1) is 17.8 Å². The summed E-state index contributed by atoms with van der Waals surface area (Å²) in [4.78, 5) is 24.0. The highest BCUT2D eigenvalue weighted by atomic mass is 35.5. The van der Waals surface area contributed by atoms with E-state index in [0.717, 1.165) is 17.7 Å². The van der Waals surface area contributed by atoms with E-state index in [0.29, 0.717) is 11.4 Å². The molecule has 0 aliphatic heterocycles. The summed E-state index contributed by atoms with van der Waals surface area (Å²) >= 11 is 5.85. The second kappa shape index (κ2) is 9.09. The molecule has 0 aliphatic carbocycles. The second-order valence-electron chi connectivity index (χ2n) is 5.61. The quantitative estimate of drug-likeness (QED) is 0.677. The molecule has 2 rings (SSSR count). The van der Waals surface area contributed by atoms with Crippen molar-refractivity contribution < 1.29 is 23.5 Å². The van der Waals surface area contributed by atoms with Gasteiger partial charge >= 0.3 is 6.03 Å². The van der Waals surface area contributed by atoms with E-state index in [1.807, 2.05) is 13.0 Å². The van der Waals surface area contributed by atoms with E-state index in [-0.39, 0.29) is 10.8 Å². The first-order chi connectivity index (χ1) is 12.8. The molecular formula is C18H19ClFN3O4. The number of hydrogen-bond acceptors (Lipinski definition) is 4. The van der Waals surface area contributed by atoms with E-state index in [2.05, 4.69) is 16.2 Å². The molecule has 144 valence electrons. The van der Waals surface area contributed by atoms with E-state index < -0.39 is 23.9 Å². The normalized spacial score (nSPS) is 11.3. The summed E-state index contributed by atoms with van der Waals surface area (Å²) in [6.45, 7) is 3.32. The van der Waals surface area contributed by atoms with Crippen LogP contribution in [0.5, 0.6) is 11.5 Å². The van der Waals surface area contributed by atoms with Crippen molar-refractivity contribution in [1.82, 2.24) is 10.9 Å². The molecular weight excluding hydrogens is 377 g/mol. The summed E-state index contributed by atoms with van der Waals surface area (Å²) < 4.78 is 23.6. The van der Waals surface area contributed by atoms with Crippen molar-refractivity contribution in [3.05, 3.63) is 52.8 Å². The fourth-order valence-electron chi connectivity index (χ4n) is 2.11. The summed E-state index contributed by atoms with van der Waals surface area (Å²) in [5, 5.41) is 2.60. The highest BCUT2D eigenvalue weighted by Crippen LogP contribution is 2.26. The van der Waals surface area contributed by atoms with Crippen LogP contribution in [0, 0.1) is 12.7 Å². The summed E-state index contributed by atoms with van der Waals surface area (Å²) in [7, 11) is 1.48. The molecule has 1 atom stereocenters. The molecule has 0 saturated heterocycles. The van der Waals surface area contributed by atoms with Gasteiger partial charge in [0.25, 0.3) is 5.91 Å². The van der Waals surface area contributed by atoms with Crippen LogP contribution in [-0.4, -0.2) is 25.2 Å². The Hall–Kier alpha value is -3.00. The smallest absolute Gasteiger partial charge is 0.338 e. The van der Waals surface area contributed by atoms with Gasteiger partial charge in [0.1, 0.15) is 17.3 Å². The van der Waals surface area contributed by atoms with Crippen LogP contribution in [0.15, 0.2) is 36.4 Å². The van der Waals surface area contributed by atoms with Gasteiger partial charge in [-0.15, -0.1) is 0 Å². The first kappa shape index (κ1) is 20.3. The fourth-order valence-corrected chi connectivity index (χ4v) is 2.32. The van der Waals surface area contributed by atoms with Gasteiger partial charge in [-0.1, -0.05) is 17.7 Å². The zero-order valence-electron chi connectivity index (χ0n) is 14.9.